The SMILES string of the molecule is O=C1NNC2OC2c2cc(Cl)c(-c3c(O)cccc3F)cc21. The van der Waals surface area contributed by atoms with Gasteiger partial charge in [-0.1, -0.05) is 17.7 Å². The van der Waals surface area contributed by atoms with Crippen LogP contribution in [0.4, 0.5) is 4.39 Å². The summed E-state index contributed by atoms with van der Waals surface area (Å²) in [5.41, 5.74) is 6.42. The zero-order valence-corrected chi connectivity index (χ0v) is 11.8. The van der Waals surface area contributed by atoms with E-state index in [1.54, 1.807) is 6.07 Å². The minimum absolute atomic E-state index is 0.0337. The minimum atomic E-state index is -0.616. The molecule has 0 spiro atoms. The van der Waals surface area contributed by atoms with Gasteiger partial charge in [0.05, 0.1) is 5.56 Å². The fraction of sp³-hybridized carbons (Fsp3) is 0.133. The first kappa shape index (κ1) is 13.5. The number of ether oxygens (including phenoxy) is 1. The van der Waals surface area contributed by atoms with Gasteiger partial charge in [-0.2, -0.15) is 0 Å². The maximum absolute atomic E-state index is 14.1. The molecular weight excluding hydrogens is 311 g/mol. The Hall–Kier alpha value is -2.15. The molecule has 0 radical (unpaired) electrons. The number of hydrazine groups is 1. The summed E-state index contributed by atoms with van der Waals surface area (Å²) in [6.07, 6.45) is -0.552. The van der Waals surface area contributed by atoms with Crippen molar-refractivity contribution in [2.24, 2.45) is 0 Å². The molecule has 2 atom stereocenters. The van der Waals surface area contributed by atoms with E-state index in [4.69, 9.17) is 16.3 Å². The first-order valence-electron chi connectivity index (χ1n) is 6.59. The topological polar surface area (TPSA) is 73.9 Å². The normalized spacial score (nSPS) is 22.4. The van der Waals surface area contributed by atoms with Gasteiger partial charge in [0.2, 0.25) is 0 Å². The standard InChI is InChI=1S/C15H10ClFN2O3/c16-9-5-6-7(14(21)18-19-15-13(6)22-15)4-8(9)12-10(17)2-1-3-11(12)20/h1-5,13,15,19-20H,(H,18,21). The first-order chi connectivity index (χ1) is 10.6. The van der Waals surface area contributed by atoms with E-state index in [0.717, 1.165) is 0 Å². The van der Waals surface area contributed by atoms with Crippen LogP contribution in [0.5, 0.6) is 5.75 Å². The third-order valence-corrected chi connectivity index (χ3v) is 4.08. The van der Waals surface area contributed by atoms with Crippen molar-refractivity contribution in [3.8, 4) is 16.9 Å². The van der Waals surface area contributed by atoms with E-state index >= 15 is 0 Å². The number of amides is 1. The number of epoxide rings is 1. The summed E-state index contributed by atoms with van der Waals surface area (Å²) in [4.78, 5) is 12.1. The number of carbonyl (C=O) groups excluding carboxylic acids is 1. The second-order valence-corrected chi connectivity index (χ2v) is 5.54. The van der Waals surface area contributed by atoms with E-state index in [9.17, 15) is 14.3 Å². The van der Waals surface area contributed by atoms with Crippen molar-refractivity contribution in [1.29, 1.82) is 0 Å². The Morgan fingerprint density at radius 2 is 2.09 bits per heavy atom. The lowest BCUT2D eigenvalue weighted by Gasteiger charge is -2.13. The van der Waals surface area contributed by atoms with Crippen molar-refractivity contribution >= 4 is 17.5 Å². The number of phenolic OH excluding ortho intramolecular Hbond substituents is 1. The highest BCUT2D eigenvalue weighted by molar-refractivity contribution is 6.33. The number of carbonyl (C=O) groups is 1. The molecule has 1 amide bonds. The van der Waals surface area contributed by atoms with Crippen LogP contribution in [0.1, 0.15) is 22.0 Å². The molecule has 0 aromatic heterocycles. The molecule has 0 bridgehead atoms. The van der Waals surface area contributed by atoms with Crippen LogP contribution < -0.4 is 10.9 Å². The van der Waals surface area contributed by atoms with Gasteiger partial charge in [-0.15, -0.1) is 0 Å². The van der Waals surface area contributed by atoms with E-state index < -0.39 is 5.82 Å². The summed E-state index contributed by atoms with van der Waals surface area (Å²) < 4.78 is 19.4. The van der Waals surface area contributed by atoms with Gasteiger partial charge in [-0.3, -0.25) is 10.2 Å². The molecule has 2 aromatic rings. The van der Waals surface area contributed by atoms with E-state index in [1.165, 1.54) is 24.3 Å². The van der Waals surface area contributed by atoms with Crippen LogP contribution in [0.15, 0.2) is 30.3 Å². The molecule has 0 aliphatic carbocycles. The van der Waals surface area contributed by atoms with Crippen molar-refractivity contribution in [2.45, 2.75) is 12.3 Å². The van der Waals surface area contributed by atoms with Gasteiger partial charge >= 0.3 is 0 Å². The minimum Gasteiger partial charge on any atom is -0.507 e. The summed E-state index contributed by atoms with van der Waals surface area (Å²) in [5, 5.41) is 10.2. The molecule has 1 fully saturated rings. The number of fused-ring (bicyclic) bond motifs is 3. The van der Waals surface area contributed by atoms with Crippen LogP contribution >= 0.6 is 11.6 Å². The number of hydrogen-bond donors (Lipinski definition) is 3. The van der Waals surface area contributed by atoms with Crippen molar-refractivity contribution in [3.63, 3.8) is 0 Å². The van der Waals surface area contributed by atoms with Crippen molar-refractivity contribution < 1.29 is 19.0 Å². The zero-order valence-electron chi connectivity index (χ0n) is 11.1. The zero-order chi connectivity index (χ0) is 15.4. The quantitative estimate of drug-likeness (QED) is 0.706. The Labute approximate surface area is 129 Å². The molecule has 4 rings (SSSR count). The molecule has 112 valence electrons. The molecule has 2 aliphatic heterocycles. The van der Waals surface area contributed by atoms with Crippen molar-refractivity contribution in [3.05, 3.63) is 52.3 Å². The highest BCUT2D eigenvalue weighted by Crippen LogP contribution is 2.44. The van der Waals surface area contributed by atoms with Crippen LogP contribution in [-0.2, 0) is 4.74 Å². The fourth-order valence-electron chi connectivity index (χ4n) is 2.65. The Bertz CT molecular complexity index is 791. The smallest absolute Gasteiger partial charge is 0.265 e. The number of halogens is 2. The Morgan fingerprint density at radius 3 is 2.86 bits per heavy atom. The highest BCUT2D eigenvalue weighted by Gasteiger charge is 2.45. The van der Waals surface area contributed by atoms with Crippen molar-refractivity contribution in [1.82, 2.24) is 10.9 Å². The van der Waals surface area contributed by atoms with Gasteiger partial charge in [-0.05, 0) is 29.8 Å². The summed E-state index contributed by atoms with van der Waals surface area (Å²) in [7, 11) is 0. The predicted molar refractivity (Wildman–Crippen MR) is 76.7 cm³/mol. The largest absolute Gasteiger partial charge is 0.507 e. The lowest BCUT2D eigenvalue weighted by Crippen LogP contribution is -2.38. The van der Waals surface area contributed by atoms with Crippen LogP contribution in [0.2, 0.25) is 5.02 Å². The summed E-state index contributed by atoms with van der Waals surface area (Å²) >= 11 is 6.24. The molecule has 1 saturated heterocycles. The second-order valence-electron chi connectivity index (χ2n) is 5.13. The number of hydrogen-bond acceptors (Lipinski definition) is 4. The number of phenols is 1. The van der Waals surface area contributed by atoms with Gasteiger partial charge in [0.25, 0.3) is 5.91 Å². The molecular formula is C15H10ClFN2O3. The van der Waals surface area contributed by atoms with Gasteiger partial charge in [0, 0.05) is 16.1 Å². The monoisotopic (exact) mass is 320 g/mol. The predicted octanol–water partition coefficient (Wildman–Crippen LogP) is 2.50. The van der Waals surface area contributed by atoms with Crippen LogP contribution in [0, 0.1) is 5.82 Å². The van der Waals surface area contributed by atoms with E-state index in [-0.39, 0.29) is 40.1 Å². The van der Waals surface area contributed by atoms with Crippen molar-refractivity contribution in [2.75, 3.05) is 0 Å². The maximum Gasteiger partial charge on any atom is 0.265 e. The molecule has 2 aliphatic rings. The van der Waals surface area contributed by atoms with E-state index in [1.807, 2.05) is 0 Å². The molecule has 7 heteroatoms. The summed E-state index contributed by atoms with van der Waals surface area (Å²) in [6.45, 7) is 0. The van der Waals surface area contributed by atoms with E-state index in [0.29, 0.717) is 11.1 Å². The third-order valence-electron chi connectivity index (χ3n) is 3.77. The van der Waals surface area contributed by atoms with Gasteiger partial charge in [-0.25, -0.2) is 9.82 Å². The lowest BCUT2D eigenvalue weighted by molar-refractivity contribution is 0.0921. The molecule has 22 heavy (non-hydrogen) atoms. The van der Waals surface area contributed by atoms with Crippen LogP contribution in [0.25, 0.3) is 11.1 Å². The maximum atomic E-state index is 14.1. The molecule has 0 saturated carbocycles. The Morgan fingerprint density at radius 1 is 1.27 bits per heavy atom. The van der Waals surface area contributed by atoms with E-state index in [2.05, 4.69) is 10.9 Å². The number of benzene rings is 2. The summed E-state index contributed by atoms with van der Waals surface area (Å²) in [6, 6.07) is 7.03. The Kier molecular flexibility index (Phi) is 2.87. The van der Waals surface area contributed by atoms with Gasteiger partial charge in [0.15, 0.2) is 6.23 Å². The molecule has 2 heterocycles. The van der Waals surface area contributed by atoms with Gasteiger partial charge in [0.1, 0.15) is 17.7 Å². The van der Waals surface area contributed by atoms with Gasteiger partial charge < -0.3 is 9.84 Å². The first-order valence-corrected chi connectivity index (χ1v) is 6.96. The fourth-order valence-corrected chi connectivity index (χ4v) is 2.92. The number of nitrogens with one attached hydrogen (secondary N) is 2. The third kappa shape index (κ3) is 1.96. The molecule has 2 aromatic carbocycles. The van der Waals surface area contributed by atoms with Crippen LogP contribution in [0.3, 0.4) is 0 Å². The molecule has 2 unspecified atom stereocenters. The summed E-state index contributed by atoms with van der Waals surface area (Å²) in [5.74, 6) is -1.22. The number of rotatable bonds is 1. The number of aromatic hydroxyl groups is 1. The molecule has 5 nitrogen and oxygen atoms in total. The van der Waals surface area contributed by atoms with Crippen LogP contribution in [-0.4, -0.2) is 17.2 Å². The second kappa shape index (κ2) is 4.67. The lowest BCUT2D eigenvalue weighted by atomic mass is 9.96. The average molecular weight is 321 g/mol. The Balaban J connectivity index is 1.94. The molecule has 3 N–H and O–H groups in total. The highest BCUT2D eigenvalue weighted by atomic mass is 35.5. The average Bonchev–Trinajstić information content (AvgIpc) is 3.25.